The van der Waals surface area contributed by atoms with Crippen LogP contribution in [0.15, 0.2) is 0 Å². The van der Waals surface area contributed by atoms with Crippen LogP contribution in [0.5, 0.6) is 11.5 Å². The minimum absolute atomic E-state index is 0.0196. The number of phenolic OH excluding ortho intramolecular Hbond substituents is 1. The highest BCUT2D eigenvalue weighted by molar-refractivity contribution is 5.59. The van der Waals surface area contributed by atoms with Gasteiger partial charge in [-0.2, -0.15) is 0 Å². The fourth-order valence-electron chi connectivity index (χ4n) is 3.42. The summed E-state index contributed by atoms with van der Waals surface area (Å²) in [6.07, 6.45) is 4.41. The van der Waals surface area contributed by atoms with Crippen molar-refractivity contribution >= 4 is 0 Å². The number of methoxy groups -OCH3 is 1. The highest BCUT2D eigenvalue weighted by Crippen LogP contribution is 2.53. The van der Waals surface area contributed by atoms with Gasteiger partial charge >= 0.3 is 0 Å². The van der Waals surface area contributed by atoms with Crippen LogP contribution in [0.25, 0.3) is 0 Å². The lowest BCUT2D eigenvalue weighted by Gasteiger charge is -2.48. The number of phenols is 1. The Morgan fingerprint density at radius 2 is 1.84 bits per heavy atom. The molecule has 1 aliphatic carbocycles. The van der Waals surface area contributed by atoms with E-state index in [0.29, 0.717) is 5.75 Å². The fraction of sp³-hybridized carbons (Fsp3) is 0.625. The van der Waals surface area contributed by atoms with Gasteiger partial charge in [-0.15, -0.1) is 0 Å². The molecule has 3 rings (SSSR count). The highest BCUT2D eigenvalue weighted by Gasteiger charge is 2.47. The third-order valence-electron chi connectivity index (χ3n) is 5.01. The average molecular weight is 262 g/mol. The van der Waals surface area contributed by atoms with Crippen LogP contribution in [-0.4, -0.2) is 17.8 Å². The second-order valence-corrected chi connectivity index (χ2v) is 6.03. The number of hydrogen-bond donors (Lipinski definition) is 1. The topological polar surface area (TPSA) is 38.7 Å². The second kappa shape index (κ2) is 4.14. The first-order valence-electron chi connectivity index (χ1n) is 7.03. The lowest BCUT2D eigenvalue weighted by Crippen LogP contribution is -2.47. The van der Waals surface area contributed by atoms with Crippen LogP contribution >= 0.6 is 0 Å². The van der Waals surface area contributed by atoms with Crippen molar-refractivity contribution in [2.24, 2.45) is 0 Å². The molecule has 1 aromatic rings. The van der Waals surface area contributed by atoms with Crippen molar-refractivity contribution < 1.29 is 14.6 Å². The molecular formula is C16H22O3. The molecule has 3 nitrogen and oxygen atoms in total. The van der Waals surface area contributed by atoms with Crippen molar-refractivity contribution in [2.75, 3.05) is 7.11 Å². The molecule has 3 heteroatoms. The Kier molecular flexibility index (Phi) is 2.79. The summed E-state index contributed by atoms with van der Waals surface area (Å²) in [4.78, 5) is 0. The van der Waals surface area contributed by atoms with Crippen LogP contribution in [-0.2, 0) is 4.74 Å². The largest absolute Gasteiger partial charge is 0.507 e. The second-order valence-electron chi connectivity index (χ2n) is 6.03. The molecule has 1 saturated carbocycles. The zero-order chi connectivity index (χ0) is 13.8. The summed E-state index contributed by atoms with van der Waals surface area (Å²) < 4.78 is 12.0. The zero-order valence-corrected chi connectivity index (χ0v) is 12.2. The quantitative estimate of drug-likeness (QED) is 0.838. The van der Waals surface area contributed by atoms with Crippen LogP contribution < -0.4 is 4.74 Å². The van der Waals surface area contributed by atoms with Gasteiger partial charge in [0.15, 0.2) is 0 Å². The molecule has 1 unspecified atom stereocenters. The molecule has 1 aliphatic heterocycles. The number of hydrogen-bond acceptors (Lipinski definition) is 3. The van der Waals surface area contributed by atoms with Gasteiger partial charge in [0.05, 0.1) is 6.10 Å². The van der Waals surface area contributed by atoms with Crippen LogP contribution in [0.2, 0.25) is 0 Å². The van der Waals surface area contributed by atoms with Crippen molar-refractivity contribution in [1.29, 1.82) is 0 Å². The van der Waals surface area contributed by atoms with Crippen molar-refractivity contribution in [2.45, 2.75) is 58.2 Å². The van der Waals surface area contributed by atoms with E-state index in [2.05, 4.69) is 0 Å². The smallest absolute Gasteiger partial charge is 0.129 e. The maximum atomic E-state index is 10.2. The summed E-state index contributed by atoms with van der Waals surface area (Å²) in [7, 11) is 1.75. The number of rotatable bonds is 1. The first-order valence-corrected chi connectivity index (χ1v) is 7.03. The van der Waals surface area contributed by atoms with E-state index >= 15 is 0 Å². The van der Waals surface area contributed by atoms with Gasteiger partial charge in [-0.05, 0) is 51.2 Å². The molecule has 0 aromatic heterocycles. The maximum Gasteiger partial charge on any atom is 0.129 e. The van der Waals surface area contributed by atoms with Crippen molar-refractivity contribution in [1.82, 2.24) is 0 Å². The molecule has 1 aromatic carbocycles. The molecule has 19 heavy (non-hydrogen) atoms. The van der Waals surface area contributed by atoms with Crippen molar-refractivity contribution in [3.63, 3.8) is 0 Å². The lowest BCUT2D eigenvalue weighted by molar-refractivity contribution is -0.0776. The van der Waals surface area contributed by atoms with Gasteiger partial charge in [0.1, 0.15) is 17.1 Å². The van der Waals surface area contributed by atoms with Gasteiger partial charge in [-0.1, -0.05) is 0 Å². The summed E-state index contributed by atoms with van der Waals surface area (Å²) in [5.41, 5.74) is 3.89. The van der Waals surface area contributed by atoms with Crippen LogP contribution in [0.4, 0.5) is 0 Å². The van der Waals surface area contributed by atoms with Crippen molar-refractivity contribution in [3.05, 3.63) is 22.3 Å². The Bertz CT molecular complexity index is 530. The highest BCUT2D eigenvalue weighted by atomic mass is 16.5. The number of benzene rings is 1. The number of fused-ring (bicyclic) bond motifs is 1. The minimum atomic E-state index is -0.0196. The van der Waals surface area contributed by atoms with Crippen LogP contribution in [0, 0.1) is 20.8 Å². The lowest BCUT2D eigenvalue weighted by atomic mass is 9.72. The Hall–Kier alpha value is -1.22. The third-order valence-corrected chi connectivity index (χ3v) is 5.01. The summed E-state index contributed by atoms with van der Waals surface area (Å²) in [6, 6.07) is 0. The molecule has 104 valence electrons. The first kappa shape index (κ1) is 12.8. The molecule has 1 spiro atoms. The van der Waals surface area contributed by atoms with Crippen LogP contribution in [0.1, 0.15) is 54.0 Å². The Morgan fingerprint density at radius 3 is 2.37 bits per heavy atom. The van der Waals surface area contributed by atoms with Crippen LogP contribution in [0.3, 0.4) is 0 Å². The Labute approximate surface area is 114 Å². The predicted molar refractivity (Wildman–Crippen MR) is 73.9 cm³/mol. The van der Waals surface area contributed by atoms with E-state index in [-0.39, 0.29) is 11.7 Å². The van der Waals surface area contributed by atoms with Gasteiger partial charge in [0.2, 0.25) is 0 Å². The van der Waals surface area contributed by atoms with E-state index in [4.69, 9.17) is 9.47 Å². The normalized spacial score (nSPS) is 23.7. The summed E-state index contributed by atoms with van der Waals surface area (Å²) in [5.74, 6) is 1.33. The predicted octanol–water partition coefficient (Wildman–Crippen LogP) is 3.71. The molecule has 1 heterocycles. The molecule has 1 N–H and O–H groups in total. The molecule has 0 saturated heterocycles. The van der Waals surface area contributed by atoms with Gasteiger partial charge < -0.3 is 14.6 Å². The summed E-state index contributed by atoms with van der Waals surface area (Å²) in [6.45, 7) is 5.93. The van der Waals surface area contributed by atoms with Crippen molar-refractivity contribution in [3.8, 4) is 11.5 Å². The zero-order valence-electron chi connectivity index (χ0n) is 12.2. The van der Waals surface area contributed by atoms with Gasteiger partial charge in [-0.3, -0.25) is 0 Å². The molecule has 0 bridgehead atoms. The SMILES string of the molecule is COC1CC2(CCC2)Oc2c(C)c(C)c(O)c(C)c21. The third kappa shape index (κ3) is 1.68. The molecule has 0 amide bonds. The first-order chi connectivity index (χ1) is 8.99. The summed E-state index contributed by atoms with van der Waals surface area (Å²) in [5, 5.41) is 10.2. The van der Waals surface area contributed by atoms with E-state index in [9.17, 15) is 5.11 Å². The number of aromatic hydroxyl groups is 1. The molecule has 0 radical (unpaired) electrons. The van der Waals surface area contributed by atoms with Gasteiger partial charge in [-0.25, -0.2) is 0 Å². The molecule has 1 atom stereocenters. The van der Waals surface area contributed by atoms with E-state index in [1.54, 1.807) is 7.11 Å². The fourth-order valence-corrected chi connectivity index (χ4v) is 3.42. The van der Waals surface area contributed by atoms with Gasteiger partial charge in [0, 0.05) is 24.7 Å². The molecule has 1 fully saturated rings. The van der Waals surface area contributed by atoms with E-state index in [1.807, 2.05) is 20.8 Å². The van der Waals surface area contributed by atoms with E-state index in [1.165, 1.54) is 6.42 Å². The maximum absolute atomic E-state index is 10.2. The van der Waals surface area contributed by atoms with Gasteiger partial charge in [0.25, 0.3) is 0 Å². The minimum Gasteiger partial charge on any atom is -0.507 e. The monoisotopic (exact) mass is 262 g/mol. The average Bonchev–Trinajstić information content (AvgIpc) is 2.39. The van der Waals surface area contributed by atoms with E-state index in [0.717, 1.165) is 47.3 Å². The Morgan fingerprint density at radius 1 is 1.16 bits per heavy atom. The molecular weight excluding hydrogens is 240 g/mol. The number of ether oxygens (including phenoxy) is 2. The standard InChI is InChI=1S/C16H22O3/c1-9-10(2)15-13(11(3)14(9)17)12(18-4)8-16(19-15)6-5-7-16/h12,17H,5-8H2,1-4H3. The van der Waals surface area contributed by atoms with E-state index < -0.39 is 0 Å². The summed E-state index contributed by atoms with van der Waals surface area (Å²) >= 11 is 0. The molecule has 2 aliphatic rings. The Balaban J connectivity index is 2.19.